The van der Waals surface area contributed by atoms with Gasteiger partial charge in [-0.25, -0.2) is 18.0 Å². The highest BCUT2D eigenvalue weighted by atomic mass is 35.5. The van der Waals surface area contributed by atoms with Crippen molar-refractivity contribution >= 4 is 23.3 Å². The van der Waals surface area contributed by atoms with Crippen LogP contribution in [-0.2, 0) is 11.3 Å². The van der Waals surface area contributed by atoms with Gasteiger partial charge in [0.2, 0.25) is 0 Å². The summed E-state index contributed by atoms with van der Waals surface area (Å²) >= 11 is 6.02. The third-order valence-electron chi connectivity index (χ3n) is 5.93. The van der Waals surface area contributed by atoms with Crippen molar-refractivity contribution in [1.82, 2.24) is 9.80 Å². The lowest BCUT2D eigenvalue weighted by Crippen LogP contribution is -2.50. The largest absolute Gasteiger partial charge is 0.367 e. The average Bonchev–Trinajstić information content (AvgIpc) is 2.85. The van der Waals surface area contributed by atoms with Crippen LogP contribution in [0.15, 0.2) is 66.7 Å². The molecule has 0 aliphatic carbocycles. The van der Waals surface area contributed by atoms with Gasteiger partial charge in [-0.05, 0) is 42.0 Å². The Labute approximate surface area is 207 Å². The van der Waals surface area contributed by atoms with Crippen molar-refractivity contribution in [3.05, 3.63) is 100 Å². The van der Waals surface area contributed by atoms with Crippen LogP contribution in [0.4, 0.5) is 23.7 Å². The first kappa shape index (κ1) is 25.0. The molecule has 3 aromatic carbocycles. The molecule has 0 unspecified atom stereocenters. The molecule has 0 radical (unpaired) electrons. The van der Waals surface area contributed by atoms with Gasteiger partial charge in [0.05, 0.1) is 18.4 Å². The summed E-state index contributed by atoms with van der Waals surface area (Å²) in [5.41, 5.74) is 0.837. The summed E-state index contributed by atoms with van der Waals surface area (Å²) in [5.74, 6) is -1.81. The molecule has 9 heteroatoms. The van der Waals surface area contributed by atoms with Crippen molar-refractivity contribution < 1.29 is 22.7 Å². The first-order valence-corrected chi connectivity index (χ1v) is 11.6. The summed E-state index contributed by atoms with van der Waals surface area (Å²) in [6.45, 7) is 2.24. The molecule has 1 N–H and O–H groups in total. The van der Waals surface area contributed by atoms with Crippen molar-refractivity contribution in [2.75, 3.05) is 38.0 Å². The van der Waals surface area contributed by atoms with Gasteiger partial charge in [0.15, 0.2) is 0 Å². The van der Waals surface area contributed by atoms with E-state index in [0.29, 0.717) is 37.7 Å². The number of nitrogens with zero attached hydrogens (tertiary/aromatic N) is 2. The standard InChI is InChI=1S/C26H25ClF3N3O2/c27-19-10-8-18(9-11-19)25(35-17-20-21(28)5-3-6-22(20)29)16-32-12-14-33(15-13-32)26(34)31-24-7-2-1-4-23(24)30/h1-11,25H,12-17H2,(H,31,34)/t25-/m0/s1. The summed E-state index contributed by atoms with van der Waals surface area (Å²) in [7, 11) is 0. The molecule has 2 amide bonds. The van der Waals surface area contributed by atoms with E-state index in [1.807, 2.05) is 12.1 Å². The second-order valence-electron chi connectivity index (χ2n) is 8.25. The fourth-order valence-electron chi connectivity index (χ4n) is 3.91. The van der Waals surface area contributed by atoms with Crippen molar-refractivity contribution in [3.8, 4) is 0 Å². The van der Waals surface area contributed by atoms with Gasteiger partial charge in [-0.3, -0.25) is 4.90 Å². The summed E-state index contributed by atoms with van der Waals surface area (Å²) in [5, 5.41) is 3.17. The van der Waals surface area contributed by atoms with E-state index in [0.717, 1.165) is 5.56 Å². The quantitative estimate of drug-likeness (QED) is 0.439. The number of nitrogens with one attached hydrogen (secondary N) is 1. The molecule has 1 atom stereocenters. The summed E-state index contributed by atoms with van der Waals surface area (Å²) in [6, 6.07) is 16.5. The zero-order valence-electron chi connectivity index (χ0n) is 18.9. The summed E-state index contributed by atoms with van der Waals surface area (Å²) in [4.78, 5) is 16.3. The first-order chi connectivity index (χ1) is 16.9. The van der Waals surface area contributed by atoms with E-state index in [2.05, 4.69) is 10.2 Å². The van der Waals surface area contributed by atoms with E-state index in [1.54, 1.807) is 29.2 Å². The van der Waals surface area contributed by atoms with Gasteiger partial charge < -0.3 is 15.0 Å². The maximum Gasteiger partial charge on any atom is 0.322 e. The Morgan fingerprint density at radius 3 is 2.17 bits per heavy atom. The zero-order chi connectivity index (χ0) is 24.8. The number of ether oxygens (including phenoxy) is 1. The van der Waals surface area contributed by atoms with Gasteiger partial charge in [-0.1, -0.05) is 41.9 Å². The number of hydrogen-bond donors (Lipinski definition) is 1. The van der Waals surface area contributed by atoms with Crippen LogP contribution in [0.25, 0.3) is 0 Å². The SMILES string of the molecule is O=C(Nc1ccccc1F)N1CCN(C[C@H](OCc2c(F)cccc2F)c2ccc(Cl)cc2)CC1. The number of rotatable bonds is 7. The molecular formula is C26H25ClF3N3O2. The highest BCUT2D eigenvalue weighted by Crippen LogP contribution is 2.25. The fraction of sp³-hybridized carbons (Fsp3) is 0.269. The van der Waals surface area contributed by atoms with E-state index in [-0.39, 0.29) is 23.9 Å². The first-order valence-electron chi connectivity index (χ1n) is 11.2. The summed E-state index contributed by atoms with van der Waals surface area (Å²) in [6.07, 6.45) is -0.468. The van der Waals surface area contributed by atoms with E-state index < -0.39 is 23.6 Å². The third kappa shape index (κ3) is 6.54. The lowest BCUT2D eigenvalue weighted by molar-refractivity contribution is 0.00376. The predicted molar refractivity (Wildman–Crippen MR) is 129 cm³/mol. The van der Waals surface area contributed by atoms with Crippen LogP contribution in [0.1, 0.15) is 17.2 Å². The van der Waals surface area contributed by atoms with Crippen LogP contribution in [0, 0.1) is 17.5 Å². The van der Waals surface area contributed by atoms with Crippen molar-refractivity contribution in [2.45, 2.75) is 12.7 Å². The van der Waals surface area contributed by atoms with Gasteiger partial charge >= 0.3 is 6.03 Å². The second kappa shape index (κ2) is 11.6. The van der Waals surface area contributed by atoms with Crippen LogP contribution < -0.4 is 5.32 Å². The van der Waals surface area contributed by atoms with Crippen LogP contribution in [0.2, 0.25) is 5.02 Å². The molecule has 0 saturated carbocycles. The number of hydrogen-bond acceptors (Lipinski definition) is 3. The normalized spacial score (nSPS) is 15.1. The van der Waals surface area contributed by atoms with Gasteiger partial charge in [0.25, 0.3) is 0 Å². The molecule has 1 saturated heterocycles. The van der Waals surface area contributed by atoms with Crippen LogP contribution in [0.5, 0.6) is 0 Å². The van der Waals surface area contributed by atoms with Crippen LogP contribution >= 0.6 is 11.6 Å². The smallest absolute Gasteiger partial charge is 0.322 e. The number of amides is 2. The monoisotopic (exact) mass is 503 g/mol. The molecule has 1 aliphatic rings. The maximum absolute atomic E-state index is 14.1. The van der Waals surface area contributed by atoms with Gasteiger partial charge in [0.1, 0.15) is 17.5 Å². The maximum atomic E-state index is 14.1. The Kier molecular flexibility index (Phi) is 8.28. The topological polar surface area (TPSA) is 44.8 Å². The number of piperazine rings is 1. The molecule has 1 fully saturated rings. The Morgan fingerprint density at radius 1 is 0.886 bits per heavy atom. The number of para-hydroxylation sites is 1. The van der Waals surface area contributed by atoms with Gasteiger partial charge in [0, 0.05) is 43.3 Å². The Balaban J connectivity index is 1.38. The van der Waals surface area contributed by atoms with E-state index >= 15 is 0 Å². The molecule has 0 bridgehead atoms. The zero-order valence-corrected chi connectivity index (χ0v) is 19.6. The minimum Gasteiger partial charge on any atom is -0.367 e. The van der Waals surface area contributed by atoms with Crippen LogP contribution in [-0.4, -0.2) is 48.6 Å². The lowest BCUT2D eigenvalue weighted by atomic mass is 10.1. The number of carbonyl (C=O) groups excluding carboxylic acids is 1. The highest BCUT2D eigenvalue weighted by molar-refractivity contribution is 6.30. The van der Waals surface area contributed by atoms with Crippen LogP contribution in [0.3, 0.4) is 0 Å². The second-order valence-corrected chi connectivity index (χ2v) is 8.69. The van der Waals surface area contributed by atoms with Crippen molar-refractivity contribution in [2.24, 2.45) is 0 Å². The predicted octanol–water partition coefficient (Wildman–Crippen LogP) is 5.86. The number of halogens is 4. The number of urea groups is 1. The Hall–Kier alpha value is -3.07. The Bertz CT molecular complexity index is 1130. The lowest BCUT2D eigenvalue weighted by Gasteiger charge is -2.36. The third-order valence-corrected chi connectivity index (χ3v) is 6.18. The molecule has 184 valence electrons. The van der Waals surface area contributed by atoms with Crippen molar-refractivity contribution in [1.29, 1.82) is 0 Å². The molecule has 1 heterocycles. The molecule has 0 spiro atoms. The average molecular weight is 504 g/mol. The van der Waals surface area contributed by atoms with Crippen molar-refractivity contribution in [3.63, 3.8) is 0 Å². The molecule has 5 nitrogen and oxygen atoms in total. The number of anilines is 1. The van der Waals surface area contributed by atoms with E-state index in [9.17, 15) is 18.0 Å². The minimum absolute atomic E-state index is 0.124. The summed E-state index contributed by atoms with van der Waals surface area (Å²) < 4.78 is 48.0. The van der Waals surface area contributed by atoms with E-state index in [1.165, 1.54) is 30.3 Å². The van der Waals surface area contributed by atoms with Gasteiger partial charge in [-0.2, -0.15) is 0 Å². The molecule has 4 rings (SSSR count). The Morgan fingerprint density at radius 2 is 1.51 bits per heavy atom. The number of benzene rings is 3. The van der Waals surface area contributed by atoms with E-state index in [4.69, 9.17) is 16.3 Å². The minimum atomic E-state index is -0.658. The van der Waals surface area contributed by atoms with Gasteiger partial charge in [-0.15, -0.1) is 0 Å². The molecule has 1 aliphatic heterocycles. The molecule has 35 heavy (non-hydrogen) atoms. The number of carbonyl (C=O) groups is 1. The molecular weight excluding hydrogens is 479 g/mol. The molecule has 0 aromatic heterocycles. The fourth-order valence-corrected chi connectivity index (χ4v) is 4.04. The highest BCUT2D eigenvalue weighted by Gasteiger charge is 2.25. The molecule has 3 aromatic rings.